The minimum Gasteiger partial charge on any atom is -0.497 e. The topological polar surface area (TPSA) is 84.9 Å². The van der Waals surface area contributed by atoms with Crippen molar-refractivity contribution in [2.45, 2.75) is 31.6 Å². The number of hydrogen-bond acceptors (Lipinski definition) is 5. The van der Waals surface area contributed by atoms with E-state index >= 15 is 0 Å². The van der Waals surface area contributed by atoms with E-state index in [1.54, 1.807) is 44.6 Å². The van der Waals surface area contributed by atoms with Gasteiger partial charge in [0.25, 0.3) is 0 Å². The summed E-state index contributed by atoms with van der Waals surface area (Å²) >= 11 is 11.9. The summed E-state index contributed by atoms with van der Waals surface area (Å²) in [5.41, 5.74) is 1.33. The second-order valence-electron chi connectivity index (χ2n) is 8.04. The van der Waals surface area contributed by atoms with Gasteiger partial charge in [0.2, 0.25) is 15.9 Å². The van der Waals surface area contributed by atoms with E-state index in [9.17, 15) is 13.2 Å². The van der Waals surface area contributed by atoms with Crippen LogP contribution in [-0.4, -0.2) is 45.9 Å². The van der Waals surface area contributed by atoms with Gasteiger partial charge in [-0.2, -0.15) is 0 Å². The van der Waals surface area contributed by atoms with Crippen molar-refractivity contribution in [3.8, 4) is 11.5 Å². The van der Waals surface area contributed by atoms with Crippen LogP contribution in [0.4, 0.5) is 0 Å². The van der Waals surface area contributed by atoms with Gasteiger partial charge in [0.05, 0.1) is 42.0 Å². The van der Waals surface area contributed by atoms with Crippen LogP contribution in [0.25, 0.3) is 0 Å². The van der Waals surface area contributed by atoms with Crippen LogP contribution < -0.4 is 14.8 Å². The van der Waals surface area contributed by atoms with Crippen molar-refractivity contribution in [2.24, 2.45) is 5.92 Å². The summed E-state index contributed by atoms with van der Waals surface area (Å²) in [5.74, 6) is 0.459. The van der Waals surface area contributed by atoms with Crippen molar-refractivity contribution >= 4 is 39.1 Å². The maximum Gasteiger partial charge on any atom is 0.224 e. The molecule has 0 bridgehead atoms. The molecule has 1 aliphatic heterocycles. The van der Waals surface area contributed by atoms with E-state index in [1.165, 1.54) is 4.31 Å². The van der Waals surface area contributed by atoms with Gasteiger partial charge in [0.1, 0.15) is 11.5 Å². The zero-order valence-corrected chi connectivity index (χ0v) is 21.1. The Bertz CT molecular complexity index is 1110. The number of hydrogen-bond donors (Lipinski definition) is 1. The number of halogens is 2. The Hall–Kier alpha value is -2.00. The summed E-state index contributed by atoms with van der Waals surface area (Å²) in [4.78, 5) is 13.0. The maximum absolute atomic E-state index is 13.0. The number of carbonyl (C=O) groups excluding carboxylic acids is 1. The number of carbonyl (C=O) groups is 1. The van der Waals surface area contributed by atoms with Gasteiger partial charge in [-0.05, 0) is 55.7 Å². The molecule has 33 heavy (non-hydrogen) atoms. The lowest BCUT2D eigenvalue weighted by molar-refractivity contribution is -0.126. The molecular weight excluding hydrogens is 487 g/mol. The van der Waals surface area contributed by atoms with E-state index in [-0.39, 0.29) is 24.2 Å². The van der Waals surface area contributed by atoms with Gasteiger partial charge in [0, 0.05) is 18.7 Å². The number of ether oxygens (including phenoxy) is 2. The van der Waals surface area contributed by atoms with Gasteiger partial charge in [-0.25, -0.2) is 12.7 Å². The van der Waals surface area contributed by atoms with E-state index in [4.69, 9.17) is 32.7 Å². The fraction of sp³-hybridized carbons (Fsp3) is 0.435. The zero-order valence-electron chi connectivity index (χ0n) is 18.8. The van der Waals surface area contributed by atoms with Gasteiger partial charge >= 0.3 is 0 Å². The number of nitrogens with zero attached hydrogens (tertiary/aromatic N) is 1. The Balaban J connectivity index is 1.68. The first-order chi connectivity index (χ1) is 15.6. The Kier molecular flexibility index (Phi) is 8.50. The third kappa shape index (κ3) is 6.32. The third-order valence-electron chi connectivity index (χ3n) is 5.74. The highest BCUT2D eigenvalue weighted by molar-refractivity contribution is 7.88. The van der Waals surface area contributed by atoms with Gasteiger partial charge in [-0.3, -0.25) is 4.79 Å². The zero-order chi connectivity index (χ0) is 24.2. The predicted octanol–water partition coefficient (Wildman–Crippen LogP) is 4.43. The smallest absolute Gasteiger partial charge is 0.224 e. The molecule has 180 valence electrons. The van der Waals surface area contributed by atoms with Crippen LogP contribution >= 0.6 is 23.2 Å². The fourth-order valence-corrected chi connectivity index (χ4v) is 5.85. The van der Waals surface area contributed by atoms with Gasteiger partial charge in [-0.15, -0.1) is 0 Å². The Morgan fingerprint density at radius 2 is 1.91 bits per heavy atom. The Morgan fingerprint density at radius 3 is 2.58 bits per heavy atom. The van der Waals surface area contributed by atoms with Crippen molar-refractivity contribution < 1.29 is 22.7 Å². The number of methoxy groups -OCH3 is 2. The molecule has 0 aliphatic carbocycles. The SMILES string of the molecule is COc1ccc(OC)c(C(C)NC(=O)C2CCCN(S(=O)(=O)Cc3ccc(Cl)c(Cl)c3)C2)c1. The highest BCUT2D eigenvalue weighted by Crippen LogP contribution is 2.30. The first kappa shape index (κ1) is 25.6. The molecule has 1 amide bonds. The average Bonchev–Trinajstić information content (AvgIpc) is 2.80. The minimum atomic E-state index is -3.62. The quantitative estimate of drug-likeness (QED) is 0.563. The lowest BCUT2D eigenvalue weighted by atomic mass is 9.97. The number of rotatable bonds is 8. The molecule has 1 heterocycles. The summed E-state index contributed by atoms with van der Waals surface area (Å²) in [6.07, 6.45) is 1.22. The third-order valence-corrected chi connectivity index (χ3v) is 8.30. The summed E-state index contributed by atoms with van der Waals surface area (Å²) < 4.78 is 38.1. The summed E-state index contributed by atoms with van der Waals surface area (Å²) in [7, 11) is -0.477. The molecule has 2 aromatic carbocycles. The summed E-state index contributed by atoms with van der Waals surface area (Å²) in [6.45, 7) is 2.38. The van der Waals surface area contributed by atoms with Crippen LogP contribution in [-0.2, 0) is 20.6 Å². The predicted molar refractivity (Wildman–Crippen MR) is 129 cm³/mol. The standard InChI is InChI=1S/C23H28Cl2N2O5S/c1-15(19-12-18(31-2)7-9-22(19)32-3)26-23(28)17-5-4-10-27(13-17)33(29,30)14-16-6-8-20(24)21(25)11-16/h6-9,11-12,15,17H,4-5,10,13-14H2,1-3H3,(H,26,28). The van der Waals surface area contributed by atoms with Gasteiger partial charge in [0.15, 0.2) is 0 Å². The summed E-state index contributed by atoms with van der Waals surface area (Å²) in [5, 5.41) is 3.68. The van der Waals surface area contributed by atoms with Crippen molar-refractivity contribution in [1.82, 2.24) is 9.62 Å². The molecule has 1 aliphatic rings. The average molecular weight is 515 g/mol. The van der Waals surface area contributed by atoms with Crippen LogP contribution in [0, 0.1) is 5.92 Å². The molecular formula is C23H28Cl2N2O5S. The number of nitrogens with one attached hydrogen (secondary N) is 1. The second kappa shape index (κ2) is 11.0. The highest BCUT2D eigenvalue weighted by Gasteiger charge is 2.33. The first-order valence-electron chi connectivity index (χ1n) is 10.6. The van der Waals surface area contributed by atoms with Crippen molar-refractivity contribution in [3.63, 3.8) is 0 Å². The molecule has 7 nitrogen and oxygen atoms in total. The van der Waals surface area contributed by atoms with Crippen LogP contribution in [0.2, 0.25) is 10.0 Å². The maximum atomic E-state index is 13.0. The second-order valence-corrected chi connectivity index (χ2v) is 10.8. The number of sulfonamides is 1. The van der Waals surface area contributed by atoms with Crippen LogP contribution in [0.5, 0.6) is 11.5 Å². The van der Waals surface area contributed by atoms with E-state index in [1.807, 2.05) is 13.0 Å². The van der Waals surface area contributed by atoms with Crippen LogP contribution in [0.3, 0.4) is 0 Å². The Labute approximate surface area is 205 Å². The molecule has 1 fully saturated rings. The molecule has 2 unspecified atom stereocenters. The number of benzene rings is 2. The largest absolute Gasteiger partial charge is 0.497 e. The van der Waals surface area contributed by atoms with Crippen LogP contribution in [0.1, 0.15) is 36.9 Å². The molecule has 10 heteroatoms. The highest BCUT2D eigenvalue weighted by atomic mass is 35.5. The fourth-order valence-electron chi connectivity index (χ4n) is 3.93. The molecule has 0 spiro atoms. The normalized spacial score (nSPS) is 17.9. The Morgan fingerprint density at radius 1 is 1.15 bits per heavy atom. The minimum absolute atomic E-state index is 0.136. The van der Waals surface area contributed by atoms with E-state index in [0.29, 0.717) is 46.5 Å². The van der Waals surface area contributed by atoms with Crippen molar-refractivity contribution in [2.75, 3.05) is 27.3 Å². The number of amides is 1. The number of piperidine rings is 1. The van der Waals surface area contributed by atoms with E-state index in [2.05, 4.69) is 5.32 Å². The van der Waals surface area contributed by atoms with Crippen LogP contribution in [0.15, 0.2) is 36.4 Å². The van der Waals surface area contributed by atoms with Crippen molar-refractivity contribution in [3.05, 3.63) is 57.6 Å². The first-order valence-corrected chi connectivity index (χ1v) is 12.9. The molecule has 0 saturated carbocycles. The molecule has 0 radical (unpaired) electrons. The van der Waals surface area contributed by atoms with E-state index in [0.717, 1.165) is 5.56 Å². The van der Waals surface area contributed by atoms with Crippen molar-refractivity contribution in [1.29, 1.82) is 0 Å². The van der Waals surface area contributed by atoms with Gasteiger partial charge < -0.3 is 14.8 Å². The molecule has 2 atom stereocenters. The monoisotopic (exact) mass is 514 g/mol. The molecule has 3 rings (SSSR count). The molecule has 0 aromatic heterocycles. The lowest BCUT2D eigenvalue weighted by Crippen LogP contribution is -2.46. The lowest BCUT2D eigenvalue weighted by Gasteiger charge is -2.32. The molecule has 1 saturated heterocycles. The van der Waals surface area contributed by atoms with Gasteiger partial charge in [-0.1, -0.05) is 29.3 Å². The van der Waals surface area contributed by atoms with E-state index < -0.39 is 15.9 Å². The molecule has 2 aromatic rings. The molecule has 1 N–H and O–H groups in total. The summed E-state index contributed by atoms with van der Waals surface area (Å²) in [6, 6.07) is 9.82.